The first-order chi connectivity index (χ1) is 9.15. The van der Waals surface area contributed by atoms with Crippen LogP contribution in [0, 0.1) is 6.92 Å². The van der Waals surface area contributed by atoms with Crippen molar-refractivity contribution in [2.75, 3.05) is 13.7 Å². The van der Waals surface area contributed by atoms with E-state index in [0.717, 1.165) is 16.3 Å². The first-order valence-corrected chi connectivity index (χ1v) is 6.76. The number of hydrogen-bond acceptors (Lipinski definition) is 5. The van der Waals surface area contributed by atoms with Crippen molar-refractivity contribution in [1.82, 2.24) is 4.98 Å². The van der Waals surface area contributed by atoms with Crippen molar-refractivity contribution < 1.29 is 14.3 Å². The molecule has 19 heavy (non-hydrogen) atoms. The van der Waals surface area contributed by atoms with Crippen LogP contribution in [0.4, 0.5) is 0 Å². The van der Waals surface area contributed by atoms with Gasteiger partial charge in [-0.1, -0.05) is 12.1 Å². The van der Waals surface area contributed by atoms with Gasteiger partial charge in [0, 0.05) is 5.56 Å². The van der Waals surface area contributed by atoms with Crippen molar-refractivity contribution in [3.05, 3.63) is 34.2 Å². The van der Waals surface area contributed by atoms with Crippen LogP contribution in [0.2, 0.25) is 0 Å². The number of carbonyl (C=O) groups is 1. The molecule has 4 nitrogen and oxygen atoms in total. The van der Waals surface area contributed by atoms with E-state index in [9.17, 15) is 4.79 Å². The largest absolute Gasteiger partial charge is 0.497 e. The van der Waals surface area contributed by atoms with Crippen LogP contribution in [-0.4, -0.2) is 24.7 Å². The highest BCUT2D eigenvalue weighted by Gasteiger charge is 2.19. The summed E-state index contributed by atoms with van der Waals surface area (Å²) in [6.07, 6.45) is 0. The van der Waals surface area contributed by atoms with E-state index in [2.05, 4.69) is 4.98 Å². The maximum atomic E-state index is 11.9. The Bertz CT molecular complexity index is 592. The number of ether oxygens (including phenoxy) is 2. The molecule has 0 aliphatic rings. The molecule has 2 rings (SSSR count). The van der Waals surface area contributed by atoms with Gasteiger partial charge in [0.1, 0.15) is 10.6 Å². The van der Waals surface area contributed by atoms with Gasteiger partial charge in [0.15, 0.2) is 0 Å². The van der Waals surface area contributed by atoms with Crippen LogP contribution in [0.15, 0.2) is 24.3 Å². The third kappa shape index (κ3) is 2.93. The van der Waals surface area contributed by atoms with Gasteiger partial charge >= 0.3 is 5.97 Å². The number of hydrogen-bond donors (Lipinski definition) is 0. The highest BCUT2D eigenvalue weighted by Crippen LogP contribution is 2.30. The summed E-state index contributed by atoms with van der Waals surface area (Å²) in [6.45, 7) is 4.02. The summed E-state index contributed by atoms with van der Waals surface area (Å²) in [7, 11) is 1.61. The van der Waals surface area contributed by atoms with Gasteiger partial charge in [-0.3, -0.25) is 0 Å². The van der Waals surface area contributed by atoms with Gasteiger partial charge in [0.25, 0.3) is 0 Å². The number of thiazole rings is 1. The van der Waals surface area contributed by atoms with E-state index in [4.69, 9.17) is 9.47 Å². The standard InChI is InChI=1S/C14H15NO3S/c1-4-18-14(16)13-12(15-9(2)19-13)10-6-5-7-11(8-10)17-3/h5-8H,4H2,1-3H3. The Morgan fingerprint density at radius 3 is 2.89 bits per heavy atom. The Morgan fingerprint density at radius 2 is 2.21 bits per heavy atom. The molecule has 0 unspecified atom stereocenters. The SMILES string of the molecule is CCOC(=O)c1sc(C)nc1-c1cccc(OC)c1. The second-order valence-electron chi connectivity index (χ2n) is 3.86. The molecule has 0 bridgehead atoms. The molecular formula is C14H15NO3S. The molecule has 0 aliphatic heterocycles. The lowest BCUT2D eigenvalue weighted by Crippen LogP contribution is -2.04. The van der Waals surface area contributed by atoms with Crippen LogP contribution < -0.4 is 4.74 Å². The molecule has 0 saturated carbocycles. The van der Waals surface area contributed by atoms with Gasteiger partial charge in [-0.2, -0.15) is 0 Å². The van der Waals surface area contributed by atoms with Crippen LogP contribution in [0.3, 0.4) is 0 Å². The van der Waals surface area contributed by atoms with Gasteiger partial charge in [-0.15, -0.1) is 11.3 Å². The monoisotopic (exact) mass is 277 g/mol. The van der Waals surface area contributed by atoms with Crippen LogP contribution >= 0.6 is 11.3 Å². The van der Waals surface area contributed by atoms with Gasteiger partial charge in [0.05, 0.1) is 24.4 Å². The highest BCUT2D eigenvalue weighted by molar-refractivity contribution is 7.14. The minimum atomic E-state index is -0.328. The Morgan fingerprint density at radius 1 is 1.42 bits per heavy atom. The number of benzene rings is 1. The van der Waals surface area contributed by atoms with E-state index in [0.29, 0.717) is 17.2 Å². The summed E-state index contributed by atoms with van der Waals surface area (Å²) < 4.78 is 10.3. The third-order valence-electron chi connectivity index (χ3n) is 2.54. The minimum absolute atomic E-state index is 0.328. The minimum Gasteiger partial charge on any atom is -0.497 e. The Labute approximate surface area is 116 Å². The van der Waals surface area contributed by atoms with Gasteiger partial charge in [0.2, 0.25) is 0 Å². The van der Waals surface area contributed by atoms with E-state index < -0.39 is 0 Å². The van der Waals surface area contributed by atoms with E-state index in [1.807, 2.05) is 31.2 Å². The zero-order chi connectivity index (χ0) is 13.8. The zero-order valence-corrected chi connectivity index (χ0v) is 11.9. The molecule has 0 amide bonds. The maximum Gasteiger partial charge on any atom is 0.350 e. The van der Waals surface area contributed by atoms with Gasteiger partial charge in [-0.05, 0) is 26.0 Å². The molecular weight excluding hydrogens is 262 g/mol. The third-order valence-corrected chi connectivity index (χ3v) is 3.49. The first kappa shape index (κ1) is 13.5. The molecule has 1 aromatic carbocycles. The molecule has 1 aromatic heterocycles. The lowest BCUT2D eigenvalue weighted by molar-refractivity contribution is 0.0532. The average Bonchev–Trinajstić information content (AvgIpc) is 2.81. The molecule has 1 heterocycles. The summed E-state index contributed by atoms with van der Waals surface area (Å²) in [5, 5.41) is 0.834. The normalized spacial score (nSPS) is 10.3. The fraction of sp³-hybridized carbons (Fsp3) is 0.286. The molecule has 0 fully saturated rings. The van der Waals surface area contributed by atoms with Crippen LogP contribution in [-0.2, 0) is 4.74 Å². The van der Waals surface area contributed by atoms with Gasteiger partial charge < -0.3 is 9.47 Å². The van der Waals surface area contributed by atoms with E-state index >= 15 is 0 Å². The average molecular weight is 277 g/mol. The summed E-state index contributed by atoms with van der Waals surface area (Å²) in [5.74, 6) is 0.406. The molecule has 0 aliphatic carbocycles. The highest BCUT2D eigenvalue weighted by atomic mass is 32.1. The predicted octanol–water partition coefficient (Wildman–Crippen LogP) is 3.30. The molecule has 0 radical (unpaired) electrons. The van der Waals surface area contributed by atoms with Crippen molar-refractivity contribution in [3.8, 4) is 17.0 Å². The topological polar surface area (TPSA) is 48.4 Å². The fourth-order valence-electron chi connectivity index (χ4n) is 1.73. The number of rotatable bonds is 4. The van der Waals surface area contributed by atoms with Crippen molar-refractivity contribution in [3.63, 3.8) is 0 Å². The molecule has 2 aromatic rings. The van der Waals surface area contributed by atoms with E-state index in [-0.39, 0.29) is 5.97 Å². The summed E-state index contributed by atoms with van der Waals surface area (Å²) in [6, 6.07) is 7.49. The predicted molar refractivity (Wildman–Crippen MR) is 74.8 cm³/mol. The number of esters is 1. The Kier molecular flexibility index (Phi) is 4.16. The van der Waals surface area contributed by atoms with E-state index in [1.165, 1.54) is 11.3 Å². The van der Waals surface area contributed by atoms with E-state index in [1.54, 1.807) is 14.0 Å². The molecule has 100 valence electrons. The first-order valence-electron chi connectivity index (χ1n) is 5.94. The quantitative estimate of drug-likeness (QED) is 0.804. The summed E-state index contributed by atoms with van der Waals surface area (Å²) in [5.41, 5.74) is 1.51. The van der Waals surface area contributed by atoms with Gasteiger partial charge in [-0.25, -0.2) is 9.78 Å². The molecule has 5 heteroatoms. The smallest absolute Gasteiger partial charge is 0.350 e. The lowest BCUT2D eigenvalue weighted by Gasteiger charge is -2.04. The van der Waals surface area contributed by atoms with Crippen molar-refractivity contribution in [1.29, 1.82) is 0 Å². The summed E-state index contributed by atoms with van der Waals surface area (Å²) >= 11 is 1.34. The maximum absolute atomic E-state index is 11.9. The number of carbonyl (C=O) groups excluding carboxylic acids is 1. The Hall–Kier alpha value is -1.88. The second kappa shape index (κ2) is 5.84. The summed E-state index contributed by atoms with van der Waals surface area (Å²) in [4.78, 5) is 16.9. The lowest BCUT2D eigenvalue weighted by atomic mass is 10.1. The molecule has 0 saturated heterocycles. The number of aryl methyl sites for hydroxylation is 1. The number of methoxy groups -OCH3 is 1. The zero-order valence-electron chi connectivity index (χ0n) is 11.1. The van der Waals surface area contributed by atoms with Crippen LogP contribution in [0.25, 0.3) is 11.3 Å². The molecule has 0 spiro atoms. The molecule has 0 atom stereocenters. The van der Waals surface area contributed by atoms with Crippen molar-refractivity contribution >= 4 is 17.3 Å². The van der Waals surface area contributed by atoms with Crippen molar-refractivity contribution in [2.24, 2.45) is 0 Å². The van der Waals surface area contributed by atoms with Crippen LogP contribution in [0.1, 0.15) is 21.6 Å². The number of aromatic nitrogens is 1. The van der Waals surface area contributed by atoms with Crippen molar-refractivity contribution in [2.45, 2.75) is 13.8 Å². The van der Waals surface area contributed by atoms with Crippen LogP contribution in [0.5, 0.6) is 5.75 Å². The molecule has 0 N–H and O–H groups in total. The number of nitrogens with zero attached hydrogens (tertiary/aromatic N) is 1. The Balaban J connectivity index is 2.46. The fourth-order valence-corrected chi connectivity index (χ4v) is 2.56. The second-order valence-corrected chi connectivity index (χ2v) is 5.07.